The molecule has 0 radical (unpaired) electrons. The Morgan fingerprint density at radius 1 is 1.06 bits per heavy atom. The molecule has 0 fully saturated rings. The van der Waals surface area contributed by atoms with E-state index in [1.807, 2.05) is 43.3 Å². The van der Waals surface area contributed by atoms with Crippen molar-refractivity contribution >= 4 is 23.0 Å². The minimum atomic E-state index is -0.115. The van der Waals surface area contributed by atoms with Crippen LogP contribution in [-0.2, 0) is 0 Å². The first-order valence-electron chi connectivity index (χ1n) is 11.9. The molecule has 1 aliphatic heterocycles. The molecule has 34 heavy (non-hydrogen) atoms. The molecule has 0 saturated heterocycles. The molecule has 0 aromatic heterocycles. The number of fused-ring (bicyclic) bond motifs is 3. The molecule has 0 spiro atoms. The van der Waals surface area contributed by atoms with Gasteiger partial charge in [-0.05, 0) is 72.9 Å². The van der Waals surface area contributed by atoms with Crippen molar-refractivity contribution in [2.75, 3.05) is 36.2 Å². The molecule has 2 N–H and O–H groups in total. The molecule has 3 unspecified atom stereocenters. The van der Waals surface area contributed by atoms with Crippen molar-refractivity contribution in [1.29, 1.82) is 0 Å². The molecule has 1 amide bonds. The summed E-state index contributed by atoms with van der Waals surface area (Å²) in [7, 11) is 4.10. The highest BCUT2D eigenvalue weighted by molar-refractivity contribution is 6.08. The maximum absolute atomic E-state index is 13.3. The quantitative estimate of drug-likeness (QED) is 0.435. The number of hydrogen-bond acceptors (Lipinski definition) is 4. The average molecular weight is 454 g/mol. The van der Waals surface area contributed by atoms with E-state index in [-0.39, 0.29) is 11.9 Å². The Bertz CT molecular complexity index is 1200. The molecule has 0 saturated carbocycles. The molecule has 3 aromatic carbocycles. The summed E-state index contributed by atoms with van der Waals surface area (Å²) in [5, 5.41) is 6.81. The second-order valence-corrected chi connectivity index (χ2v) is 9.14. The van der Waals surface area contributed by atoms with Crippen LogP contribution in [0, 0.1) is 5.92 Å². The van der Waals surface area contributed by atoms with Crippen LogP contribution in [0.15, 0.2) is 78.9 Å². The minimum Gasteiger partial charge on any atom is -0.494 e. The second-order valence-electron chi connectivity index (χ2n) is 9.14. The van der Waals surface area contributed by atoms with Crippen molar-refractivity contribution in [1.82, 2.24) is 0 Å². The van der Waals surface area contributed by atoms with Crippen LogP contribution in [0.5, 0.6) is 5.75 Å². The number of amides is 1. The summed E-state index contributed by atoms with van der Waals surface area (Å²) >= 11 is 0. The topological polar surface area (TPSA) is 53.6 Å². The van der Waals surface area contributed by atoms with E-state index in [0.29, 0.717) is 24.0 Å². The Balaban J connectivity index is 1.45. The predicted octanol–water partition coefficient (Wildman–Crippen LogP) is 6.23. The maximum Gasteiger partial charge on any atom is 0.257 e. The van der Waals surface area contributed by atoms with Crippen LogP contribution in [0.4, 0.5) is 17.1 Å². The van der Waals surface area contributed by atoms with E-state index in [2.05, 4.69) is 72.1 Å². The summed E-state index contributed by atoms with van der Waals surface area (Å²) in [6, 6.07) is 22.4. The number of allylic oxidation sites excluding steroid dienone is 2. The molecule has 3 atom stereocenters. The number of para-hydroxylation sites is 1. The van der Waals surface area contributed by atoms with Gasteiger partial charge in [-0.25, -0.2) is 0 Å². The van der Waals surface area contributed by atoms with Crippen molar-refractivity contribution in [2.45, 2.75) is 25.3 Å². The maximum atomic E-state index is 13.3. The van der Waals surface area contributed by atoms with Crippen LogP contribution in [0.25, 0.3) is 0 Å². The number of carbonyl (C=O) groups is 1. The van der Waals surface area contributed by atoms with Crippen LogP contribution in [0.3, 0.4) is 0 Å². The highest BCUT2D eigenvalue weighted by atomic mass is 16.5. The second kappa shape index (κ2) is 9.26. The lowest BCUT2D eigenvalue weighted by molar-refractivity contribution is 0.102. The predicted molar refractivity (Wildman–Crippen MR) is 139 cm³/mol. The largest absolute Gasteiger partial charge is 0.494 e. The molecule has 2 aliphatic rings. The molecular weight excluding hydrogens is 422 g/mol. The first kappa shape index (κ1) is 22.1. The van der Waals surface area contributed by atoms with Crippen LogP contribution < -0.4 is 20.3 Å². The monoisotopic (exact) mass is 453 g/mol. The van der Waals surface area contributed by atoms with Crippen LogP contribution in [-0.4, -0.2) is 26.6 Å². The van der Waals surface area contributed by atoms with E-state index in [0.717, 1.165) is 23.5 Å². The van der Waals surface area contributed by atoms with E-state index >= 15 is 0 Å². The van der Waals surface area contributed by atoms with Gasteiger partial charge in [0.25, 0.3) is 5.91 Å². The number of nitrogens with one attached hydrogen (secondary N) is 2. The summed E-state index contributed by atoms with van der Waals surface area (Å²) in [5.74, 6) is 1.41. The van der Waals surface area contributed by atoms with Gasteiger partial charge in [-0.1, -0.05) is 36.4 Å². The van der Waals surface area contributed by atoms with Crippen molar-refractivity contribution in [2.24, 2.45) is 5.92 Å². The van der Waals surface area contributed by atoms with Gasteiger partial charge in [-0.3, -0.25) is 4.79 Å². The zero-order chi connectivity index (χ0) is 23.7. The highest BCUT2D eigenvalue weighted by Crippen LogP contribution is 2.50. The Morgan fingerprint density at radius 3 is 2.53 bits per heavy atom. The summed E-state index contributed by atoms with van der Waals surface area (Å²) in [6.45, 7) is 2.57. The van der Waals surface area contributed by atoms with E-state index in [1.54, 1.807) is 0 Å². The number of nitrogens with zero attached hydrogens (tertiary/aromatic N) is 1. The summed E-state index contributed by atoms with van der Waals surface area (Å²) < 4.78 is 5.51. The Kier molecular flexibility index (Phi) is 6.01. The van der Waals surface area contributed by atoms with Gasteiger partial charge < -0.3 is 20.3 Å². The fourth-order valence-corrected chi connectivity index (χ4v) is 5.12. The zero-order valence-electron chi connectivity index (χ0n) is 19.9. The fourth-order valence-electron chi connectivity index (χ4n) is 5.12. The van der Waals surface area contributed by atoms with E-state index in [9.17, 15) is 4.79 Å². The van der Waals surface area contributed by atoms with Gasteiger partial charge in [0.05, 0.1) is 23.9 Å². The molecule has 3 aromatic rings. The molecule has 5 nitrogen and oxygen atoms in total. The summed E-state index contributed by atoms with van der Waals surface area (Å²) in [4.78, 5) is 15.5. The van der Waals surface area contributed by atoms with Gasteiger partial charge in [-0.15, -0.1) is 0 Å². The van der Waals surface area contributed by atoms with Crippen LogP contribution in [0.1, 0.15) is 46.8 Å². The molecule has 174 valence electrons. The third kappa shape index (κ3) is 4.14. The zero-order valence-corrected chi connectivity index (χ0v) is 19.9. The van der Waals surface area contributed by atoms with Gasteiger partial charge in [0.2, 0.25) is 0 Å². The third-order valence-corrected chi connectivity index (χ3v) is 6.83. The Hall–Kier alpha value is -3.73. The average Bonchev–Trinajstić information content (AvgIpc) is 3.35. The van der Waals surface area contributed by atoms with Gasteiger partial charge in [0.15, 0.2) is 0 Å². The number of anilines is 3. The smallest absolute Gasteiger partial charge is 0.257 e. The number of hydrogen-bond donors (Lipinski definition) is 2. The molecule has 0 bridgehead atoms. The summed E-state index contributed by atoms with van der Waals surface area (Å²) in [5.41, 5.74) is 5.96. The lowest BCUT2D eigenvalue weighted by Gasteiger charge is -2.38. The number of benzene rings is 3. The van der Waals surface area contributed by atoms with Crippen LogP contribution in [0.2, 0.25) is 0 Å². The molecule has 5 heteroatoms. The van der Waals surface area contributed by atoms with Gasteiger partial charge in [0, 0.05) is 31.4 Å². The number of carbonyl (C=O) groups excluding carboxylic acids is 1. The number of ether oxygens (including phenoxy) is 1. The van der Waals surface area contributed by atoms with Crippen molar-refractivity contribution < 1.29 is 9.53 Å². The fraction of sp³-hybridized carbons (Fsp3) is 0.276. The van der Waals surface area contributed by atoms with E-state index in [4.69, 9.17) is 4.74 Å². The van der Waals surface area contributed by atoms with Crippen molar-refractivity contribution in [3.05, 3.63) is 95.6 Å². The molecule has 1 heterocycles. The first-order chi connectivity index (χ1) is 16.5. The van der Waals surface area contributed by atoms with Gasteiger partial charge in [0.1, 0.15) is 5.75 Å². The molecule has 5 rings (SSSR count). The van der Waals surface area contributed by atoms with E-state index in [1.165, 1.54) is 16.8 Å². The van der Waals surface area contributed by atoms with Crippen LogP contribution >= 0.6 is 0 Å². The lowest BCUT2D eigenvalue weighted by Crippen LogP contribution is -2.31. The third-order valence-electron chi connectivity index (χ3n) is 6.83. The van der Waals surface area contributed by atoms with Crippen molar-refractivity contribution in [3.8, 4) is 5.75 Å². The Morgan fingerprint density at radius 2 is 1.82 bits per heavy atom. The van der Waals surface area contributed by atoms with Gasteiger partial charge >= 0.3 is 0 Å². The van der Waals surface area contributed by atoms with Crippen molar-refractivity contribution in [3.63, 3.8) is 0 Å². The number of rotatable bonds is 6. The highest BCUT2D eigenvalue weighted by Gasteiger charge is 2.39. The molecule has 1 aliphatic carbocycles. The normalized spacial score (nSPS) is 20.1. The minimum absolute atomic E-state index is 0.115. The summed E-state index contributed by atoms with van der Waals surface area (Å²) in [6.07, 6.45) is 5.61. The standard InChI is InChI=1S/C29H31N3O2/c1-4-34-22-17-13-20(14-18-22)30-29(33)26-10-6-9-25-23-7-5-8-24(23)27(31-28(25)26)19-11-15-21(16-12-19)32(2)3/h5-7,9-18,23-24,27,31H,4,8H2,1-3H3,(H,30,33). The van der Waals surface area contributed by atoms with E-state index < -0.39 is 0 Å². The SMILES string of the molecule is CCOc1ccc(NC(=O)c2cccc3c2NC(c2ccc(N(C)C)cc2)C2CC=CC32)cc1. The molecular formula is C29H31N3O2. The lowest BCUT2D eigenvalue weighted by atomic mass is 9.76. The Labute approximate surface area is 201 Å². The van der Waals surface area contributed by atoms with Gasteiger partial charge in [-0.2, -0.15) is 0 Å². The first-order valence-corrected chi connectivity index (χ1v) is 11.9.